The highest BCUT2D eigenvalue weighted by Crippen LogP contribution is 2.25. The molecule has 20 heavy (non-hydrogen) atoms. The number of nitrogens with one attached hydrogen (secondary N) is 1. The number of benzene rings is 1. The van der Waals surface area contributed by atoms with Crippen molar-refractivity contribution in [2.24, 2.45) is 0 Å². The van der Waals surface area contributed by atoms with Gasteiger partial charge in [0, 0.05) is 18.0 Å². The molecule has 0 aliphatic rings. The highest BCUT2D eigenvalue weighted by molar-refractivity contribution is 7.18. The lowest BCUT2D eigenvalue weighted by Crippen LogP contribution is -2.13. The Kier molecular flexibility index (Phi) is 3.42. The van der Waals surface area contributed by atoms with Crippen LogP contribution in [0, 0.1) is 0 Å². The fourth-order valence-electron chi connectivity index (χ4n) is 1.55. The van der Waals surface area contributed by atoms with Crippen molar-refractivity contribution in [1.29, 1.82) is 0 Å². The standard InChI is InChI=1S/C13H9N5OS/c19-11(10-8-14-6-7-15-10)16-13-18-17-12(20-13)9-4-2-1-3-5-9/h1-8H,(H,16,18,19). The number of amides is 1. The first-order valence-electron chi connectivity index (χ1n) is 5.79. The van der Waals surface area contributed by atoms with E-state index in [1.54, 1.807) is 0 Å². The van der Waals surface area contributed by atoms with Crippen molar-refractivity contribution < 1.29 is 4.79 Å². The third kappa shape index (κ3) is 2.67. The minimum Gasteiger partial charge on any atom is -0.295 e. The molecule has 0 unspecified atom stereocenters. The van der Waals surface area contributed by atoms with Gasteiger partial charge in [-0.2, -0.15) is 0 Å². The molecule has 0 spiro atoms. The van der Waals surface area contributed by atoms with Crippen LogP contribution in [-0.2, 0) is 0 Å². The highest BCUT2D eigenvalue weighted by atomic mass is 32.1. The van der Waals surface area contributed by atoms with E-state index in [2.05, 4.69) is 25.5 Å². The molecule has 2 aromatic heterocycles. The summed E-state index contributed by atoms with van der Waals surface area (Å²) in [6.45, 7) is 0. The second-order valence-corrected chi connectivity index (χ2v) is 4.80. The van der Waals surface area contributed by atoms with Crippen molar-refractivity contribution in [2.45, 2.75) is 0 Å². The molecule has 0 radical (unpaired) electrons. The smallest absolute Gasteiger partial charge is 0.277 e. The molecule has 2 heterocycles. The second kappa shape index (κ2) is 5.54. The maximum absolute atomic E-state index is 11.9. The van der Waals surface area contributed by atoms with Gasteiger partial charge in [0.2, 0.25) is 5.13 Å². The minimum atomic E-state index is -0.353. The number of rotatable bonds is 3. The van der Waals surface area contributed by atoms with Crippen molar-refractivity contribution in [3.05, 3.63) is 54.6 Å². The molecule has 0 saturated heterocycles. The Balaban J connectivity index is 1.77. The number of carbonyl (C=O) groups excluding carboxylic acids is 1. The molecule has 0 saturated carbocycles. The second-order valence-electron chi connectivity index (χ2n) is 3.82. The molecule has 1 N–H and O–H groups in total. The van der Waals surface area contributed by atoms with Crippen molar-refractivity contribution in [2.75, 3.05) is 5.32 Å². The SMILES string of the molecule is O=C(Nc1nnc(-c2ccccc2)s1)c1cnccn1. The number of carbonyl (C=O) groups is 1. The molecule has 0 aliphatic carbocycles. The zero-order valence-electron chi connectivity index (χ0n) is 10.2. The van der Waals surface area contributed by atoms with Crippen molar-refractivity contribution in [3.8, 4) is 10.6 Å². The van der Waals surface area contributed by atoms with Gasteiger partial charge in [-0.3, -0.25) is 15.1 Å². The van der Waals surface area contributed by atoms with Gasteiger partial charge in [-0.1, -0.05) is 41.7 Å². The van der Waals surface area contributed by atoms with Crippen LogP contribution in [0.3, 0.4) is 0 Å². The lowest BCUT2D eigenvalue weighted by atomic mass is 10.2. The van der Waals surface area contributed by atoms with Gasteiger partial charge in [-0.15, -0.1) is 10.2 Å². The van der Waals surface area contributed by atoms with E-state index in [0.29, 0.717) is 5.13 Å². The van der Waals surface area contributed by atoms with Gasteiger partial charge in [0.15, 0.2) is 0 Å². The maximum atomic E-state index is 11.9. The number of anilines is 1. The van der Waals surface area contributed by atoms with Crippen LogP contribution >= 0.6 is 11.3 Å². The molecule has 3 aromatic rings. The number of nitrogens with zero attached hydrogens (tertiary/aromatic N) is 4. The molecule has 0 aliphatic heterocycles. The largest absolute Gasteiger partial charge is 0.295 e. The predicted molar refractivity (Wildman–Crippen MR) is 75.3 cm³/mol. The fraction of sp³-hybridized carbons (Fsp3) is 0. The first-order chi connectivity index (χ1) is 9.83. The number of hydrogen-bond donors (Lipinski definition) is 1. The van der Waals surface area contributed by atoms with Crippen LogP contribution in [0.4, 0.5) is 5.13 Å². The highest BCUT2D eigenvalue weighted by Gasteiger charge is 2.11. The summed E-state index contributed by atoms with van der Waals surface area (Å²) in [5.41, 5.74) is 1.20. The Bertz CT molecular complexity index is 714. The van der Waals surface area contributed by atoms with Crippen LogP contribution < -0.4 is 5.32 Å². The number of aromatic nitrogens is 4. The quantitative estimate of drug-likeness (QED) is 0.797. The molecule has 1 amide bonds. The Labute approximate surface area is 118 Å². The monoisotopic (exact) mass is 283 g/mol. The summed E-state index contributed by atoms with van der Waals surface area (Å²) in [6.07, 6.45) is 4.37. The van der Waals surface area contributed by atoms with Gasteiger partial charge >= 0.3 is 0 Å². The van der Waals surface area contributed by atoms with E-state index in [9.17, 15) is 4.79 Å². The van der Waals surface area contributed by atoms with Gasteiger partial charge in [0.05, 0.1) is 6.20 Å². The zero-order valence-corrected chi connectivity index (χ0v) is 11.0. The van der Waals surface area contributed by atoms with Crippen LogP contribution in [0.15, 0.2) is 48.9 Å². The van der Waals surface area contributed by atoms with Gasteiger partial charge in [0.1, 0.15) is 10.7 Å². The maximum Gasteiger partial charge on any atom is 0.277 e. The Morgan fingerprint density at radius 3 is 2.70 bits per heavy atom. The van der Waals surface area contributed by atoms with Crippen LogP contribution in [-0.4, -0.2) is 26.1 Å². The van der Waals surface area contributed by atoms with Crippen molar-refractivity contribution in [1.82, 2.24) is 20.2 Å². The average molecular weight is 283 g/mol. The van der Waals surface area contributed by atoms with E-state index in [1.165, 1.54) is 29.9 Å². The third-order valence-corrected chi connectivity index (χ3v) is 3.35. The van der Waals surface area contributed by atoms with Gasteiger partial charge in [-0.25, -0.2) is 4.98 Å². The van der Waals surface area contributed by atoms with Crippen molar-refractivity contribution >= 4 is 22.4 Å². The van der Waals surface area contributed by atoms with E-state index in [1.807, 2.05) is 30.3 Å². The van der Waals surface area contributed by atoms with E-state index < -0.39 is 0 Å². The minimum absolute atomic E-state index is 0.240. The van der Waals surface area contributed by atoms with Gasteiger partial charge < -0.3 is 0 Å². The molecule has 7 heteroatoms. The Morgan fingerprint density at radius 1 is 1.10 bits per heavy atom. The molecule has 3 rings (SSSR count). The fourth-order valence-corrected chi connectivity index (χ4v) is 2.29. The van der Waals surface area contributed by atoms with Gasteiger partial charge in [-0.05, 0) is 0 Å². The average Bonchev–Trinajstić information content (AvgIpc) is 2.97. The van der Waals surface area contributed by atoms with Crippen LogP contribution in [0.5, 0.6) is 0 Å². The summed E-state index contributed by atoms with van der Waals surface area (Å²) in [5, 5.41) is 11.8. The predicted octanol–water partition coefficient (Wildman–Crippen LogP) is 2.25. The Morgan fingerprint density at radius 2 is 1.95 bits per heavy atom. The topological polar surface area (TPSA) is 80.7 Å². The van der Waals surface area contributed by atoms with E-state index >= 15 is 0 Å². The molecule has 1 aromatic carbocycles. The molecular formula is C13H9N5OS. The summed E-state index contributed by atoms with van der Waals surface area (Å²) >= 11 is 1.31. The lowest BCUT2D eigenvalue weighted by Gasteiger charge is -1.98. The van der Waals surface area contributed by atoms with Crippen LogP contribution in [0.1, 0.15) is 10.5 Å². The molecular weight excluding hydrogens is 274 g/mol. The summed E-state index contributed by atoms with van der Waals surface area (Å²) in [5.74, 6) is -0.353. The number of hydrogen-bond acceptors (Lipinski definition) is 6. The summed E-state index contributed by atoms with van der Waals surface area (Å²) < 4.78 is 0. The molecule has 6 nitrogen and oxygen atoms in total. The molecule has 98 valence electrons. The normalized spacial score (nSPS) is 10.2. The van der Waals surface area contributed by atoms with E-state index in [4.69, 9.17) is 0 Å². The van der Waals surface area contributed by atoms with E-state index in [-0.39, 0.29) is 11.6 Å². The van der Waals surface area contributed by atoms with Crippen molar-refractivity contribution in [3.63, 3.8) is 0 Å². The third-order valence-electron chi connectivity index (χ3n) is 2.46. The molecule has 0 fully saturated rings. The lowest BCUT2D eigenvalue weighted by molar-refractivity contribution is 0.102. The molecule has 0 bridgehead atoms. The van der Waals surface area contributed by atoms with Crippen LogP contribution in [0.25, 0.3) is 10.6 Å². The van der Waals surface area contributed by atoms with Gasteiger partial charge in [0.25, 0.3) is 5.91 Å². The first-order valence-corrected chi connectivity index (χ1v) is 6.61. The first kappa shape index (κ1) is 12.4. The summed E-state index contributed by atoms with van der Waals surface area (Å²) in [6, 6.07) is 9.66. The van der Waals surface area contributed by atoms with E-state index in [0.717, 1.165) is 10.6 Å². The zero-order chi connectivity index (χ0) is 13.8. The van der Waals surface area contributed by atoms with Crippen LogP contribution in [0.2, 0.25) is 0 Å². The molecule has 0 atom stereocenters. The Hall–Kier alpha value is -2.67. The summed E-state index contributed by atoms with van der Waals surface area (Å²) in [7, 11) is 0. The summed E-state index contributed by atoms with van der Waals surface area (Å²) in [4.78, 5) is 19.7.